The van der Waals surface area contributed by atoms with Crippen LogP contribution in [0.15, 0.2) is 29.6 Å². The van der Waals surface area contributed by atoms with Gasteiger partial charge in [-0.05, 0) is 47.0 Å². The molecule has 0 amide bonds. The highest BCUT2D eigenvalue weighted by atomic mass is 127. The predicted molar refractivity (Wildman–Crippen MR) is 84.6 cm³/mol. The third-order valence-corrected chi connectivity index (χ3v) is 4.31. The number of hydrogen-bond donors (Lipinski definition) is 2. The lowest BCUT2D eigenvalue weighted by atomic mass is 10.2. The highest BCUT2D eigenvalue weighted by molar-refractivity contribution is 14.1. The number of nitrogen functional groups attached to an aromatic ring is 1. The third-order valence-electron chi connectivity index (χ3n) is 2.58. The zero-order chi connectivity index (χ0) is 13.1. The van der Waals surface area contributed by atoms with Crippen LogP contribution in [0.5, 0.6) is 0 Å². The Bertz CT molecular complexity index is 528. The van der Waals surface area contributed by atoms with E-state index in [9.17, 15) is 4.39 Å². The van der Waals surface area contributed by atoms with Gasteiger partial charge >= 0.3 is 0 Å². The third kappa shape index (κ3) is 3.35. The van der Waals surface area contributed by atoms with E-state index < -0.39 is 0 Å². The molecule has 0 saturated carbocycles. The van der Waals surface area contributed by atoms with Crippen molar-refractivity contribution in [3.8, 4) is 0 Å². The Hall–Kier alpha value is -0.820. The molecule has 2 rings (SSSR count). The molecule has 96 valence electrons. The zero-order valence-corrected chi connectivity index (χ0v) is 12.9. The van der Waals surface area contributed by atoms with Crippen LogP contribution in [0.2, 0.25) is 0 Å². The lowest BCUT2D eigenvalue weighted by Gasteiger charge is -2.16. The van der Waals surface area contributed by atoms with Gasteiger partial charge in [-0.2, -0.15) is 0 Å². The lowest BCUT2D eigenvalue weighted by Crippen LogP contribution is -2.18. The molecular formula is C13H14FIN2S. The molecule has 5 heteroatoms. The molecule has 0 aliphatic heterocycles. The molecule has 0 aliphatic rings. The van der Waals surface area contributed by atoms with Crippen molar-refractivity contribution >= 4 is 45.3 Å². The fourth-order valence-electron chi connectivity index (χ4n) is 1.73. The van der Waals surface area contributed by atoms with Crippen molar-refractivity contribution in [2.45, 2.75) is 19.4 Å². The van der Waals surface area contributed by atoms with E-state index in [4.69, 9.17) is 5.73 Å². The van der Waals surface area contributed by atoms with Gasteiger partial charge in [0.2, 0.25) is 0 Å². The molecule has 1 unspecified atom stereocenters. The van der Waals surface area contributed by atoms with E-state index in [1.54, 1.807) is 17.4 Å². The fourth-order valence-corrected chi connectivity index (χ4v) is 3.06. The van der Waals surface area contributed by atoms with Crippen LogP contribution in [0.25, 0.3) is 0 Å². The maximum atomic E-state index is 13.5. The van der Waals surface area contributed by atoms with Crippen LogP contribution in [0.1, 0.15) is 11.8 Å². The molecule has 0 fully saturated rings. The Balaban J connectivity index is 2.07. The van der Waals surface area contributed by atoms with Gasteiger partial charge < -0.3 is 11.1 Å². The molecule has 1 heterocycles. The smallest absolute Gasteiger partial charge is 0.138 e. The summed E-state index contributed by atoms with van der Waals surface area (Å²) in [6, 6.07) is 7.45. The molecule has 2 nitrogen and oxygen atoms in total. The van der Waals surface area contributed by atoms with Crippen molar-refractivity contribution in [1.29, 1.82) is 0 Å². The minimum atomic E-state index is -0.240. The molecule has 2 aromatic rings. The number of nitrogens with two attached hydrogens (primary N) is 1. The van der Waals surface area contributed by atoms with E-state index in [2.05, 4.69) is 23.7 Å². The van der Waals surface area contributed by atoms with Gasteiger partial charge in [-0.25, -0.2) is 4.39 Å². The minimum absolute atomic E-state index is 0.213. The van der Waals surface area contributed by atoms with E-state index in [1.165, 1.54) is 10.9 Å². The summed E-state index contributed by atoms with van der Waals surface area (Å²) in [4.78, 5) is 1.31. The zero-order valence-electron chi connectivity index (χ0n) is 9.91. The summed E-state index contributed by atoms with van der Waals surface area (Å²) in [7, 11) is 0. The standard InChI is InChI=1S/C13H14FIN2S/c1-8(5-9-3-2-4-18-9)17-13-6-10(14)11(15)7-12(13)16/h2-4,6-8,17H,5,16H2,1H3. The van der Waals surface area contributed by atoms with Crippen LogP contribution in [-0.2, 0) is 6.42 Å². The summed E-state index contributed by atoms with van der Waals surface area (Å²) in [6.45, 7) is 2.06. The Morgan fingerprint density at radius 1 is 1.50 bits per heavy atom. The lowest BCUT2D eigenvalue weighted by molar-refractivity contribution is 0.620. The van der Waals surface area contributed by atoms with Crippen LogP contribution in [0.4, 0.5) is 15.8 Å². The van der Waals surface area contributed by atoms with Gasteiger partial charge in [0.1, 0.15) is 5.82 Å². The molecule has 1 atom stereocenters. The van der Waals surface area contributed by atoms with Crippen molar-refractivity contribution in [2.24, 2.45) is 0 Å². The number of nitrogens with one attached hydrogen (secondary N) is 1. The van der Waals surface area contributed by atoms with E-state index in [0.29, 0.717) is 14.9 Å². The van der Waals surface area contributed by atoms with Gasteiger partial charge in [0, 0.05) is 23.4 Å². The van der Waals surface area contributed by atoms with Crippen LogP contribution >= 0.6 is 33.9 Å². The Labute approximate surface area is 124 Å². The van der Waals surface area contributed by atoms with Crippen molar-refractivity contribution in [3.05, 3.63) is 43.9 Å². The SMILES string of the molecule is CC(Cc1cccs1)Nc1cc(F)c(I)cc1N. The van der Waals surface area contributed by atoms with Crippen LogP contribution in [0.3, 0.4) is 0 Å². The first-order chi connectivity index (χ1) is 8.56. The first-order valence-electron chi connectivity index (χ1n) is 5.59. The second-order valence-corrected chi connectivity index (χ2v) is 6.38. The predicted octanol–water partition coefficient (Wildman–Crippen LogP) is 4.12. The topological polar surface area (TPSA) is 38.0 Å². The van der Waals surface area contributed by atoms with E-state index in [1.807, 2.05) is 28.7 Å². The van der Waals surface area contributed by atoms with Crippen molar-refractivity contribution in [3.63, 3.8) is 0 Å². The Kier molecular flexibility index (Phi) is 4.45. The normalized spacial score (nSPS) is 12.4. The number of hydrogen-bond acceptors (Lipinski definition) is 3. The summed E-state index contributed by atoms with van der Waals surface area (Å²) in [5.41, 5.74) is 7.13. The summed E-state index contributed by atoms with van der Waals surface area (Å²) in [5, 5.41) is 5.31. The van der Waals surface area contributed by atoms with Crippen LogP contribution in [-0.4, -0.2) is 6.04 Å². The molecule has 0 aliphatic carbocycles. The van der Waals surface area contributed by atoms with Gasteiger partial charge in [0.25, 0.3) is 0 Å². The average molecular weight is 376 g/mol. The summed E-state index contributed by atoms with van der Waals surface area (Å²) in [5.74, 6) is -0.240. The van der Waals surface area contributed by atoms with E-state index in [-0.39, 0.29) is 11.9 Å². The number of rotatable bonds is 4. The first-order valence-corrected chi connectivity index (χ1v) is 7.55. The second-order valence-electron chi connectivity index (χ2n) is 4.18. The second kappa shape index (κ2) is 5.88. The van der Waals surface area contributed by atoms with Gasteiger partial charge in [-0.3, -0.25) is 0 Å². The van der Waals surface area contributed by atoms with Crippen LogP contribution in [0, 0.1) is 9.39 Å². The Morgan fingerprint density at radius 2 is 2.28 bits per heavy atom. The molecule has 0 saturated heterocycles. The summed E-state index contributed by atoms with van der Waals surface area (Å²) in [6.07, 6.45) is 0.907. The van der Waals surface area contributed by atoms with Gasteiger partial charge in [-0.15, -0.1) is 11.3 Å². The maximum Gasteiger partial charge on any atom is 0.138 e. The minimum Gasteiger partial charge on any atom is -0.397 e. The maximum absolute atomic E-state index is 13.5. The molecule has 0 spiro atoms. The number of anilines is 2. The van der Waals surface area contributed by atoms with Gasteiger partial charge in [0.05, 0.1) is 14.9 Å². The van der Waals surface area contributed by atoms with Gasteiger partial charge in [-0.1, -0.05) is 6.07 Å². The average Bonchev–Trinajstić information content (AvgIpc) is 2.78. The van der Waals surface area contributed by atoms with Crippen molar-refractivity contribution < 1.29 is 4.39 Å². The molecular weight excluding hydrogens is 362 g/mol. The Morgan fingerprint density at radius 3 is 2.94 bits per heavy atom. The fraction of sp³-hybridized carbons (Fsp3) is 0.231. The van der Waals surface area contributed by atoms with Gasteiger partial charge in [0.15, 0.2) is 0 Å². The number of benzene rings is 1. The highest BCUT2D eigenvalue weighted by Gasteiger charge is 2.09. The molecule has 1 aromatic carbocycles. The van der Waals surface area contributed by atoms with E-state index >= 15 is 0 Å². The molecule has 1 aromatic heterocycles. The first kappa shape index (κ1) is 13.6. The van der Waals surface area contributed by atoms with Crippen LogP contribution < -0.4 is 11.1 Å². The van der Waals surface area contributed by atoms with Crippen molar-refractivity contribution in [2.75, 3.05) is 11.1 Å². The molecule has 3 N–H and O–H groups in total. The quantitative estimate of drug-likeness (QED) is 0.623. The largest absolute Gasteiger partial charge is 0.397 e. The molecule has 18 heavy (non-hydrogen) atoms. The summed E-state index contributed by atoms with van der Waals surface area (Å²) < 4.78 is 14.0. The monoisotopic (exact) mass is 376 g/mol. The number of halogens is 2. The number of thiophene rings is 1. The molecule has 0 bridgehead atoms. The van der Waals surface area contributed by atoms with E-state index in [0.717, 1.165) is 6.42 Å². The highest BCUT2D eigenvalue weighted by Crippen LogP contribution is 2.25. The molecule has 0 radical (unpaired) electrons. The summed E-state index contributed by atoms with van der Waals surface area (Å²) >= 11 is 3.66. The van der Waals surface area contributed by atoms with Crippen molar-refractivity contribution in [1.82, 2.24) is 0 Å².